The summed E-state index contributed by atoms with van der Waals surface area (Å²) in [5.41, 5.74) is 1.70. The van der Waals surface area contributed by atoms with E-state index >= 15 is 0 Å². The Bertz CT molecular complexity index is 794. The fourth-order valence-corrected chi connectivity index (χ4v) is 3.24. The van der Waals surface area contributed by atoms with Crippen LogP contribution in [0.4, 0.5) is 14.5 Å². The van der Waals surface area contributed by atoms with Gasteiger partial charge in [0.05, 0.1) is 17.9 Å². The van der Waals surface area contributed by atoms with E-state index in [0.717, 1.165) is 31.2 Å². The lowest BCUT2D eigenvalue weighted by molar-refractivity contribution is -0.0495. The molecule has 0 saturated carbocycles. The predicted molar refractivity (Wildman–Crippen MR) is 105 cm³/mol. The molecule has 7 nitrogen and oxygen atoms in total. The van der Waals surface area contributed by atoms with Crippen LogP contribution >= 0.6 is 0 Å². The molecule has 1 atom stereocenters. The molecular weight excluding hydrogens is 366 g/mol. The molecule has 1 aliphatic rings. The Morgan fingerprint density at radius 2 is 2.18 bits per heavy atom. The van der Waals surface area contributed by atoms with Gasteiger partial charge in [-0.15, -0.1) is 0 Å². The molecule has 1 saturated heterocycles. The van der Waals surface area contributed by atoms with E-state index in [4.69, 9.17) is 0 Å². The minimum atomic E-state index is -2.84. The maximum absolute atomic E-state index is 12.7. The van der Waals surface area contributed by atoms with E-state index in [1.54, 1.807) is 23.0 Å². The second kappa shape index (κ2) is 9.38. The highest BCUT2D eigenvalue weighted by atomic mass is 19.3. The summed E-state index contributed by atoms with van der Waals surface area (Å²) in [4.78, 5) is 6.68. The normalized spacial score (nSPS) is 17.2. The van der Waals surface area contributed by atoms with Gasteiger partial charge in [-0.05, 0) is 31.5 Å². The highest BCUT2D eigenvalue weighted by Crippen LogP contribution is 2.31. The molecule has 152 valence electrons. The van der Waals surface area contributed by atoms with E-state index in [9.17, 15) is 8.78 Å². The van der Waals surface area contributed by atoms with Crippen molar-refractivity contribution in [1.82, 2.24) is 20.4 Å². The Morgan fingerprint density at radius 3 is 2.89 bits per heavy atom. The predicted octanol–water partition coefficient (Wildman–Crippen LogP) is 2.36. The van der Waals surface area contributed by atoms with Crippen LogP contribution in [-0.2, 0) is 13.6 Å². The second-order valence-corrected chi connectivity index (χ2v) is 6.56. The molecule has 9 heteroatoms. The van der Waals surface area contributed by atoms with Gasteiger partial charge in [0.1, 0.15) is 5.75 Å². The Hall–Kier alpha value is -2.84. The lowest BCUT2D eigenvalue weighted by Crippen LogP contribution is -2.44. The quantitative estimate of drug-likeness (QED) is 0.559. The molecule has 1 unspecified atom stereocenters. The first-order valence-electron chi connectivity index (χ1n) is 9.37. The second-order valence-electron chi connectivity index (χ2n) is 6.56. The number of para-hydroxylation sites is 2. The monoisotopic (exact) mass is 392 g/mol. The number of halogens is 2. The summed E-state index contributed by atoms with van der Waals surface area (Å²) in [5.74, 6) is 0.933. The van der Waals surface area contributed by atoms with Gasteiger partial charge in [0, 0.05) is 38.9 Å². The molecule has 0 spiro atoms. The zero-order valence-corrected chi connectivity index (χ0v) is 16.1. The third-order valence-electron chi connectivity index (χ3n) is 4.62. The zero-order valence-electron chi connectivity index (χ0n) is 16.1. The van der Waals surface area contributed by atoms with E-state index in [1.807, 2.05) is 32.2 Å². The van der Waals surface area contributed by atoms with Gasteiger partial charge in [0.2, 0.25) is 0 Å². The number of hydrogen-bond acceptors (Lipinski definition) is 4. The van der Waals surface area contributed by atoms with Crippen LogP contribution < -0.4 is 20.3 Å². The first kappa shape index (κ1) is 19.9. The molecule has 2 N–H and O–H groups in total. The first-order valence-corrected chi connectivity index (χ1v) is 9.37. The fraction of sp³-hybridized carbons (Fsp3) is 0.474. The van der Waals surface area contributed by atoms with Gasteiger partial charge in [0.15, 0.2) is 5.96 Å². The summed E-state index contributed by atoms with van der Waals surface area (Å²) in [5, 5.41) is 10.8. The number of rotatable bonds is 7. The van der Waals surface area contributed by atoms with Crippen molar-refractivity contribution < 1.29 is 13.5 Å². The average molecular weight is 392 g/mol. The number of benzene rings is 1. The van der Waals surface area contributed by atoms with Crippen LogP contribution in [0.3, 0.4) is 0 Å². The average Bonchev–Trinajstić information content (AvgIpc) is 3.29. The molecule has 1 aliphatic heterocycles. The topological polar surface area (TPSA) is 66.7 Å². The van der Waals surface area contributed by atoms with Gasteiger partial charge in [-0.3, -0.25) is 4.68 Å². The van der Waals surface area contributed by atoms with Crippen molar-refractivity contribution in [2.24, 2.45) is 12.0 Å². The summed E-state index contributed by atoms with van der Waals surface area (Å²) >= 11 is 0. The van der Waals surface area contributed by atoms with Crippen LogP contribution in [0.5, 0.6) is 5.75 Å². The Kier molecular flexibility index (Phi) is 6.67. The van der Waals surface area contributed by atoms with Crippen LogP contribution in [0, 0.1) is 0 Å². The zero-order chi connectivity index (χ0) is 19.9. The van der Waals surface area contributed by atoms with Crippen LogP contribution in [0.15, 0.2) is 41.5 Å². The highest BCUT2D eigenvalue weighted by molar-refractivity contribution is 5.80. The smallest absolute Gasteiger partial charge is 0.387 e. The van der Waals surface area contributed by atoms with Crippen molar-refractivity contribution in [2.75, 3.05) is 24.5 Å². The van der Waals surface area contributed by atoms with E-state index in [1.165, 1.54) is 0 Å². The molecule has 1 fully saturated rings. The summed E-state index contributed by atoms with van der Waals surface area (Å²) in [6, 6.07) is 8.99. The van der Waals surface area contributed by atoms with E-state index in [-0.39, 0.29) is 11.8 Å². The van der Waals surface area contributed by atoms with Crippen molar-refractivity contribution in [3.05, 3.63) is 42.2 Å². The molecular formula is C19H26F2N6O. The highest BCUT2D eigenvalue weighted by Gasteiger charge is 2.26. The fourth-order valence-electron chi connectivity index (χ4n) is 3.24. The number of aryl methyl sites for hydroxylation is 1. The number of hydrogen-bond donors (Lipinski definition) is 2. The molecule has 0 bridgehead atoms. The number of alkyl halides is 2. The summed E-state index contributed by atoms with van der Waals surface area (Å²) in [6.45, 7) is 1.88. The molecule has 1 aromatic heterocycles. The molecule has 0 aliphatic carbocycles. The lowest BCUT2D eigenvalue weighted by atomic mass is 10.2. The number of nitrogens with zero attached hydrogens (tertiary/aromatic N) is 4. The van der Waals surface area contributed by atoms with E-state index < -0.39 is 6.61 Å². The molecule has 28 heavy (non-hydrogen) atoms. The maximum Gasteiger partial charge on any atom is 0.387 e. The third kappa shape index (κ3) is 5.11. The van der Waals surface area contributed by atoms with Crippen LogP contribution in [0.1, 0.15) is 19.0 Å². The van der Waals surface area contributed by atoms with Gasteiger partial charge in [-0.25, -0.2) is 4.99 Å². The van der Waals surface area contributed by atoms with E-state index in [0.29, 0.717) is 18.8 Å². The first-order chi connectivity index (χ1) is 13.6. The van der Waals surface area contributed by atoms with Crippen molar-refractivity contribution in [3.63, 3.8) is 0 Å². The van der Waals surface area contributed by atoms with Gasteiger partial charge in [-0.1, -0.05) is 12.1 Å². The van der Waals surface area contributed by atoms with Gasteiger partial charge in [0.25, 0.3) is 0 Å². The van der Waals surface area contributed by atoms with Gasteiger partial charge >= 0.3 is 6.61 Å². The minimum absolute atomic E-state index is 0.156. The Balaban J connectivity index is 1.63. The number of aromatic nitrogens is 2. The number of aliphatic imine (C=N–C) groups is 1. The van der Waals surface area contributed by atoms with Gasteiger partial charge in [-0.2, -0.15) is 13.9 Å². The SMILES string of the molecule is CCNC(=NCc1ccnn1C)NC1CCN(c2ccccc2OC(F)F)C1. The number of anilines is 1. The van der Waals surface area contributed by atoms with Crippen molar-refractivity contribution in [2.45, 2.75) is 32.5 Å². The third-order valence-corrected chi connectivity index (χ3v) is 4.62. The number of ether oxygens (including phenoxy) is 1. The summed E-state index contributed by atoms with van der Waals surface area (Å²) in [6.07, 6.45) is 2.62. The lowest BCUT2D eigenvalue weighted by Gasteiger charge is -2.22. The number of guanidine groups is 1. The molecule has 2 aromatic rings. The van der Waals surface area contributed by atoms with Crippen molar-refractivity contribution in [1.29, 1.82) is 0 Å². The molecule has 0 amide bonds. The van der Waals surface area contributed by atoms with E-state index in [2.05, 4.69) is 30.4 Å². The Labute approximate surface area is 163 Å². The molecule has 1 aromatic carbocycles. The summed E-state index contributed by atoms with van der Waals surface area (Å²) < 4.78 is 31.8. The molecule has 2 heterocycles. The number of nitrogens with one attached hydrogen (secondary N) is 2. The van der Waals surface area contributed by atoms with Gasteiger partial charge < -0.3 is 20.3 Å². The molecule has 3 rings (SSSR count). The minimum Gasteiger partial charge on any atom is -0.433 e. The standard InChI is InChI=1S/C19H26F2N6O/c1-3-22-19(23-12-15-8-10-24-26(15)2)25-14-9-11-27(13-14)16-6-4-5-7-17(16)28-18(20)21/h4-8,10,14,18H,3,9,11-13H2,1-2H3,(H2,22,23,25). The van der Waals surface area contributed by atoms with Crippen LogP contribution in [0.2, 0.25) is 0 Å². The largest absolute Gasteiger partial charge is 0.433 e. The van der Waals surface area contributed by atoms with Crippen molar-refractivity contribution in [3.8, 4) is 5.75 Å². The van der Waals surface area contributed by atoms with Crippen LogP contribution in [-0.4, -0.2) is 48.0 Å². The maximum atomic E-state index is 12.7. The van der Waals surface area contributed by atoms with Crippen LogP contribution in [0.25, 0.3) is 0 Å². The molecule has 0 radical (unpaired) electrons. The summed E-state index contributed by atoms with van der Waals surface area (Å²) in [7, 11) is 1.89. The van der Waals surface area contributed by atoms with Crippen molar-refractivity contribution >= 4 is 11.6 Å². The Morgan fingerprint density at radius 1 is 1.36 bits per heavy atom.